The van der Waals surface area contributed by atoms with Crippen LogP contribution in [-0.2, 0) is 10.0 Å². The molecule has 0 amide bonds. The molecule has 1 aromatic carbocycles. The average Bonchev–Trinajstić information content (AvgIpc) is 2.47. The number of sulfonamides is 1. The first-order valence-electron chi connectivity index (χ1n) is 7.26. The third-order valence-corrected chi connectivity index (χ3v) is 4.98. The van der Waals surface area contributed by atoms with E-state index in [1.54, 1.807) is 24.3 Å². The van der Waals surface area contributed by atoms with Crippen LogP contribution in [0.25, 0.3) is 0 Å². The van der Waals surface area contributed by atoms with Crippen LogP contribution in [0.15, 0.2) is 46.9 Å². The molecule has 1 saturated carbocycles. The molecule has 0 spiro atoms. The fourth-order valence-corrected chi connectivity index (χ4v) is 3.41. The molecule has 0 aliphatic heterocycles. The van der Waals surface area contributed by atoms with Crippen LogP contribution in [0.2, 0.25) is 0 Å². The molecule has 4 nitrogen and oxygen atoms in total. The van der Waals surface area contributed by atoms with E-state index in [-0.39, 0.29) is 4.90 Å². The van der Waals surface area contributed by atoms with Crippen molar-refractivity contribution < 1.29 is 8.42 Å². The van der Waals surface area contributed by atoms with Gasteiger partial charge in [0.25, 0.3) is 10.0 Å². The summed E-state index contributed by atoms with van der Waals surface area (Å²) in [7, 11) is -3.56. The van der Waals surface area contributed by atoms with Crippen LogP contribution in [0, 0.1) is 12.8 Å². The van der Waals surface area contributed by atoms with E-state index < -0.39 is 10.0 Å². The van der Waals surface area contributed by atoms with Gasteiger partial charge in [-0.1, -0.05) is 23.8 Å². The van der Waals surface area contributed by atoms with Crippen molar-refractivity contribution >= 4 is 15.7 Å². The van der Waals surface area contributed by atoms with Crippen LogP contribution >= 0.6 is 0 Å². The van der Waals surface area contributed by atoms with Crippen molar-refractivity contribution in [3.8, 4) is 0 Å². The van der Waals surface area contributed by atoms with Crippen LogP contribution in [-0.4, -0.2) is 14.1 Å². The van der Waals surface area contributed by atoms with E-state index >= 15 is 0 Å². The van der Waals surface area contributed by atoms with Crippen molar-refractivity contribution in [3.05, 3.63) is 42.5 Å². The van der Waals surface area contributed by atoms with Gasteiger partial charge in [-0.3, -0.25) is 0 Å². The van der Waals surface area contributed by atoms with E-state index in [9.17, 15) is 8.42 Å². The molecule has 114 valence electrons. The molecule has 21 heavy (non-hydrogen) atoms. The summed E-state index contributed by atoms with van der Waals surface area (Å²) in [4.78, 5) is 2.61. The van der Waals surface area contributed by atoms with Crippen molar-refractivity contribution in [1.29, 1.82) is 0 Å². The van der Waals surface area contributed by atoms with Gasteiger partial charge in [-0.15, -0.1) is 6.58 Å². The number of nitrogens with one attached hydrogen (secondary N) is 1. The summed E-state index contributed by atoms with van der Waals surface area (Å²) >= 11 is 0. The van der Waals surface area contributed by atoms with Crippen LogP contribution in [0.4, 0.5) is 0 Å². The predicted octanol–water partition coefficient (Wildman–Crippen LogP) is 3.40. The number of allylic oxidation sites excluding steroid dienone is 1. The average molecular weight is 306 g/mol. The Morgan fingerprint density at radius 2 is 2.10 bits per heavy atom. The van der Waals surface area contributed by atoms with E-state index in [1.165, 1.54) is 0 Å². The summed E-state index contributed by atoms with van der Waals surface area (Å²) in [5, 5.41) is 4.13. The molecule has 1 N–H and O–H groups in total. The molecule has 5 heteroatoms. The molecule has 1 aromatic rings. The van der Waals surface area contributed by atoms with Crippen molar-refractivity contribution in [3.63, 3.8) is 0 Å². The smallest absolute Gasteiger partial charge is 0.200 e. The molecule has 0 aromatic heterocycles. The molecule has 1 aliphatic carbocycles. The number of rotatable bonds is 5. The van der Waals surface area contributed by atoms with Crippen molar-refractivity contribution in [2.24, 2.45) is 11.0 Å². The number of benzene rings is 1. The summed E-state index contributed by atoms with van der Waals surface area (Å²) in [5.74, 6) is 0.541. The van der Waals surface area contributed by atoms with E-state index in [1.807, 2.05) is 13.0 Å². The van der Waals surface area contributed by atoms with Gasteiger partial charge in [-0.25, -0.2) is 4.83 Å². The lowest BCUT2D eigenvalue weighted by atomic mass is 9.86. The summed E-state index contributed by atoms with van der Waals surface area (Å²) in [6.45, 7) is 5.68. The Balaban J connectivity index is 2.05. The first-order chi connectivity index (χ1) is 10.0. The fourth-order valence-electron chi connectivity index (χ4n) is 2.57. The lowest BCUT2D eigenvalue weighted by Gasteiger charge is -2.21. The molecular formula is C16H22N2O2S. The number of nitrogens with zero attached hydrogens (tertiary/aromatic N) is 1. The molecule has 1 atom stereocenters. The largest absolute Gasteiger partial charge is 0.276 e. The molecule has 1 fully saturated rings. The topological polar surface area (TPSA) is 58.5 Å². The zero-order valence-corrected chi connectivity index (χ0v) is 13.2. The third kappa shape index (κ3) is 4.43. The maximum absolute atomic E-state index is 12.2. The highest BCUT2D eigenvalue weighted by molar-refractivity contribution is 7.89. The number of aryl methyl sites for hydroxylation is 1. The Morgan fingerprint density at radius 3 is 2.76 bits per heavy atom. The molecule has 0 radical (unpaired) electrons. The van der Waals surface area contributed by atoms with E-state index in [4.69, 9.17) is 0 Å². The second kappa shape index (κ2) is 6.89. The lowest BCUT2D eigenvalue weighted by Crippen LogP contribution is -2.23. The normalized spacial score (nSPS) is 21.2. The standard InChI is InChI=1S/C16H22N2O2S/c1-3-5-14-6-4-7-15(12-14)17-18-21(19,20)16-10-8-13(2)9-11-16/h3,8-11,14,18H,1,4-7,12H2,2H3/b17-15-/t14-/m1/s1. The van der Waals surface area contributed by atoms with E-state index in [0.29, 0.717) is 5.92 Å². The van der Waals surface area contributed by atoms with Crippen LogP contribution in [0.5, 0.6) is 0 Å². The second-order valence-corrected chi connectivity index (χ2v) is 7.23. The monoisotopic (exact) mass is 306 g/mol. The third-order valence-electron chi connectivity index (χ3n) is 3.76. The minimum Gasteiger partial charge on any atom is -0.200 e. The van der Waals surface area contributed by atoms with Gasteiger partial charge in [0.15, 0.2) is 0 Å². The van der Waals surface area contributed by atoms with Crippen molar-refractivity contribution in [2.75, 3.05) is 0 Å². The van der Waals surface area contributed by atoms with Crippen molar-refractivity contribution in [2.45, 2.75) is 43.9 Å². The molecule has 0 bridgehead atoms. The fraction of sp³-hybridized carbons (Fsp3) is 0.438. The summed E-state index contributed by atoms with van der Waals surface area (Å²) in [5.41, 5.74) is 1.96. The lowest BCUT2D eigenvalue weighted by molar-refractivity contribution is 0.463. The predicted molar refractivity (Wildman–Crippen MR) is 85.7 cm³/mol. The molecule has 0 heterocycles. The number of hydrogen-bond acceptors (Lipinski definition) is 3. The van der Waals surface area contributed by atoms with Gasteiger partial charge in [-0.05, 0) is 57.1 Å². The molecule has 2 rings (SSSR count). The van der Waals surface area contributed by atoms with Gasteiger partial charge in [0, 0.05) is 5.71 Å². The summed E-state index contributed by atoms with van der Waals surface area (Å²) in [6, 6.07) is 6.75. The minimum absolute atomic E-state index is 0.246. The van der Waals surface area contributed by atoms with Gasteiger partial charge >= 0.3 is 0 Å². The van der Waals surface area contributed by atoms with Gasteiger partial charge < -0.3 is 0 Å². The maximum Gasteiger partial charge on any atom is 0.276 e. The van der Waals surface area contributed by atoms with E-state index in [2.05, 4.69) is 16.5 Å². The highest BCUT2D eigenvalue weighted by Crippen LogP contribution is 2.25. The second-order valence-electron chi connectivity index (χ2n) is 5.57. The van der Waals surface area contributed by atoms with Gasteiger partial charge in [0.1, 0.15) is 0 Å². The highest BCUT2D eigenvalue weighted by Gasteiger charge is 2.18. The van der Waals surface area contributed by atoms with Crippen LogP contribution < -0.4 is 4.83 Å². The highest BCUT2D eigenvalue weighted by atomic mass is 32.2. The Kier molecular flexibility index (Phi) is 5.17. The first-order valence-corrected chi connectivity index (χ1v) is 8.74. The Bertz CT molecular complexity index is 618. The minimum atomic E-state index is -3.56. The van der Waals surface area contributed by atoms with Crippen LogP contribution in [0.3, 0.4) is 0 Å². The van der Waals surface area contributed by atoms with Gasteiger partial charge in [-0.2, -0.15) is 13.5 Å². The van der Waals surface area contributed by atoms with Crippen LogP contribution in [0.1, 0.15) is 37.7 Å². The Hall–Kier alpha value is -1.62. The summed E-state index contributed by atoms with van der Waals surface area (Å²) in [6.07, 6.45) is 6.82. The zero-order valence-electron chi connectivity index (χ0n) is 12.4. The number of hydrazone groups is 1. The summed E-state index contributed by atoms with van der Waals surface area (Å²) < 4.78 is 24.3. The van der Waals surface area contributed by atoms with Crippen molar-refractivity contribution in [1.82, 2.24) is 4.83 Å². The Labute approximate surface area is 127 Å². The molecule has 0 saturated heterocycles. The zero-order chi connectivity index (χ0) is 15.3. The quantitative estimate of drug-likeness (QED) is 0.669. The molecule has 1 aliphatic rings. The van der Waals surface area contributed by atoms with Gasteiger partial charge in [0.05, 0.1) is 4.90 Å². The van der Waals surface area contributed by atoms with Gasteiger partial charge in [0.2, 0.25) is 0 Å². The van der Waals surface area contributed by atoms with E-state index in [0.717, 1.165) is 43.4 Å². The maximum atomic E-state index is 12.2. The molecule has 0 unspecified atom stereocenters. The number of hydrogen-bond donors (Lipinski definition) is 1. The Morgan fingerprint density at radius 1 is 1.38 bits per heavy atom. The first kappa shape index (κ1) is 15.8. The molecular weight excluding hydrogens is 284 g/mol. The SMILES string of the molecule is C=CC[C@@H]1CCC/C(=N/NS(=O)(=O)c2ccc(C)cc2)C1.